The molecule has 7 nitrogen and oxygen atoms in total. The standard InChI is InChI=1S/C18H21ClN2O5/c1-8(2)13(18(24)25)21-17(23)14-15(22)12-7-10(26-9(3)4)5-6-11(12)16(19)20-14/h5-9,13,22H,1-4H3,(H,21,23)(H,24,25)/t13-/m0/s1. The largest absolute Gasteiger partial charge is 0.505 e. The molecule has 1 heterocycles. The topological polar surface area (TPSA) is 109 Å². The van der Waals surface area contributed by atoms with Crippen LogP contribution in [0.25, 0.3) is 10.8 Å². The minimum absolute atomic E-state index is 0.0236. The van der Waals surface area contributed by atoms with E-state index >= 15 is 0 Å². The van der Waals surface area contributed by atoms with Gasteiger partial charge in [0.1, 0.15) is 16.9 Å². The normalized spacial score (nSPS) is 12.4. The molecule has 0 unspecified atom stereocenters. The highest BCUT2D eigenvalue weighted by molar-refractivity contribution is 6.35. The lowest BCUT2D eigenvalue weighted by molar-refractivity contribution is -0.140. The van der Waals surface area contributed by atoms with Gasteiger partial charge < -0.3 is 20.3 Å². The van der Waals surface area contributed by atoms with E-state index in [0.717, 1.165) is 0 Å². The number of benzene rings is 1. The fourth-order valence-electron chi connectivity index (χ4n) is 2.47. The van der Waals surface area contributed by atoms with Crippen LogP contribution in [-0.2, 0) is 4.79 Å². The van der Waals surface area contributed by atoms with Crippen LogP contribution in [0.5, 0.6) is 11.5 Å². The molecule has 0 radical (unpaired) electrons. The molecule has 1 aromatic heterocycles. The molecule has 0 saturated carbocycles. The van der Waals surface area contributed by atoms with Crippen molar-refractivity contribution in [2.75, 3.05) is 0 Å². The minimum atomic E-state index is -1.17. The Morgan fingerprint density at radius 1 is 1.19 bits per heavy atom. The second-order valence-corrected chi connectivity index (χ2v) is 6.87. The highest BCUT2D eigenvalue weighted by Gasteiger charge is 2.27. The molecule has 2 aromatic rings. The van der Waals surface area contributed by atoms with Crippen molar-refractivity contribution in [3.8, 4) is 11.5 Å². The maximum atomic E-state index is 12.5. The Morgan fingerprint density at radius 2 is 1.85 bits per heavy atom. The van der Waals surface area contributed by atoms with E-state index in [-0.39, 0.29) is 28.6 Å². The van der Waals surface area contributed by atoms with Crippen molar-refractivity contribution >= 4 is 34.2 Å². The molecule has 2 rings (SSSR count). The van der Waals surface area contributed by atoms with Crippen LogP contribution in [0.15, 0.2) is 18.2 Å². The molecule has 1 atom stereocenters. The van der Waals surface area contributed by atoms with E-state index in [0.29, 0.717) is 16.5 Å². The molecule has 0 aliphatic rings. The van der Waals surface area contributed by atoms with Gasteiger partial charge in [-0.1, -0.05) is 25.4 Å². The smallest absolute Gasteiger partial charge is 0.326 e. The van der Waals surface area contributed by atoms with Gasteiger partial charge in [0.2, 0.25) is 0 Å². The SMILES string of the molecule is CC(C)Oc1ccc2c(Cl)nc(C(=O)N[C@H](C(=O)O)C(C)C)c(O)c2c1. The molecule has 1 aromatic carbocycles. The van der Waals surface area contributed by atoms with Gasteiger partial charge in [0.05, 0.1) is 6.10 Å². The summed E-state index contributed by atoms with van der Waals surface area (Å²) in [5, 5.41) is 22.9. The monoisotopic (exact) mass is 380 g/mol. The van der Waals surface area contributed by atoms with Crippen molar-refractivity contribution in [1.82, 2.24) is 10.3 Å². The van der Waals surface area contributed by atoms with E-state index in [4.69, 9.17) is 16.3 Å². The van der Waals surface area contributed by atoms with Gasteiger partial charge in [-0.2, -0.15) is 0 Å². The van der Waals surface area contributed by atoms with E-state index in [1.165, 1.54) is 0 Å². The lowest BCUT2D eigenvalue weighted by atomic mass is 10.0. The van der Waals surface area contributed by atoms with E-state index in [1.807, 2.05) is 13.8 Å². The first-order valence-electron chi connectivity index (χ1n) is 8.14. The van der Waals surface area contributed by atoms with Gasteiger partial charge in [0.15, 0.2) is 11.4 Å². The van der Waals surface area contributed by atoms with Gasteiger partial charge in [-0.15, -0.1) is 0 Å². The third-order valence-electron chi connectivity index (χ3n) is 3.71. The molecular weight excluding hydrogens is 360 g/mol. The molecule has 26 heavy (non-hydrogen) atoms. The van der Waals surface area contributed by atoms with Crippen LogP contribution in [0.2, 0.25) is 5.15 Å². The van der Waals surface area contributed by atoms with Crippen LogP contribution in [0.1, 0.15) is 38.2 Å². The molecule has 0 saturated heterocycles. The molecule has 1 amide bonds. The molecular formula is C18H21ClN2O5. The van der Waals surface area contributed by atoms with Gasteiger partial charge in [0.25, 0.3) is 5.91 Å². The fraction of sp³-hybridized carbons (Fsp3) is 0.389. The number of hydrogen-bond donors (Lipinski definition) is 3. The average Bonchev–Trinajstić information content (AvgIpc) is 2.54. The molecule has 0 spiro atoms. The number of carboxylic acids is 1. The van der Waals surface area contributed by atoms with Crippen LogP contribution in [0, 0.1) is 5.92 Å². The number of pyridine rings is 1. The quantitative estimate of drug-likeness (QED) is 0.664. The number of carbonyl (C=O) groups is 2. The Bertz CT molecular complexity index is 851. The molecule has 8 heteroatoms. The highest BCUT2D eigenvalue weighted by atomic mass is 35.5. The van der Waals surface area contributed by atoms with E-state index in [2.05, 4.69) is 10.3 Å². The Morgan fingerprint density at radius 3 is 2.38 bits per heavy atom. The summed E-state index contributed by atoms with van der Waals surface area (Å²) >= 11 is 6.14. The number of halogens is 1. The second-order valence-electron chi connectivity index (χ2n) is 6.51. The van der Waals surface area contributed by atoms with Crippen molar-refractivity contribution in [3.05, 3.63) is 29.0 Å². The number of nitrogens with one attached hydrogen (secondary N) is 1. The number of aromatic hydroxyl groups is 1. The summed E-state index contributed by atoms with van der Waals surface area (Å²) in [6, 6.07) is 3.77. The summed E-state index contributed by atoms with van der Waals surface area (Å²) in [5.74, 6) is -2.22. The lowest BCUT2D eigenvalue weighted by Gasteiger charge is -2.18. The number of carboxylic acid groups (broad SMARTS) is 1. The second kappa shape index (κ2) is 7.78. The predicted molar refractivity (Wildman–Crippen MR) is 97.9 cm³/mol. The first-order chi connectivity index (χ1) is 12.1. The molecule has 0 fully saturated rings. The summed E-state index contributed by atoms with van der Waals surface area (Å²) in [6.45, 7) is 7.05. The number of aromatic nitrogens is 1. The molecule has 140 valence electrons. The van der Waals surface area contributed by atoms with Crippen LogP contribution < -0.4 is 10.1 Å². The van der Waals surface area contributed by atoms with Crippen molar-refractivity contribution < 1.29 is 24.5 Å². The number of ether oxygens (including phenoxy) is 1. The zero-order valence-corrected chi connectivity index (χ0v) is 15.7. The average molecular weight is 381 g/mol. The van der Waals surface area contributed by atoms with Crippen LogP contribution in [0.3, 0.4) is 0 Å². The summed E-state index contributed by atoms with van der Waals surface area (Å²) in [6.07, 6.45) is -0.0722. The maximum absolute atomic E-state index is 12.5. The zero-order chi connectivity index (χ0) is 19.6. The summed E-state index contributed by atoms with van der Waals surface area (Å²) in [7, 11) is 0. The predicted octanol–water partition coefficient (Wildman–Crippen LogP) is 3.22. The number of rotatable bonds is 6. The zero-order valence-electron chi connectivity index (χ0n) is 14.9. The number of nitrogens with zero attached hydrogens (tertiary/aromatic N) is 1. The summed E-state index contributed by atoms with van der Waals surface area (Å²) in [4.78, 5) is 27.7. The van der Waals surface area contributed by atoms with Crippen molar-refractivity contribution in [2.24, 2.45) is 5.92 Å². The number of fused-ring (bicyclic) bond motifs is 1. The van der Waals surface area contributed by atoms with Gasteiger partial charge in [0, 0.05) is 10.8 Å². The molecule has 0 bridgehead atoms. The van der Waals surface area contributed by atoms with E-state index in [1.54, 1.807) is 32.0 Å². The molecule has 0 aliphatic heterocycles. The Kier molecular flexibility index (Phi) is 5.92. The van der Waals surface area contributed by atoms with Gasteiger partial charge in [-0.3, -0.25) is 4.79 Å². The highest BCUT2D eigenvalue weighted by Crippen LogP contribution is 2.34. The Balaban J connectivity index is 2.48. The number of hydrogen-bond acceptors (Lipinski definition) is 5. The first kappa shape index (κ1) is 19.8. The number of amides is 1. The molecule has 0 aliphatic carbocycles. The number of carbonyl (C=O) groups excluding carboxylic acids is 1. The van der Waals surface area contributed by atoms with Crippen LogP contribution in [0.4, 0.5) is 0 Å². The van der Waals surface area contributed by atoms with Gasteiger partial charge >= 0.3 is 5.97 Å². The Labute approximate surface area is 155 Å². The van der Waals surface area contributed by atoms with E-state index < -0.39 is 17.9 Å². The van der Waals surface area contributed by atoms with E-state index in [9.17, 15) is 19.8 Å². The molecule has 3 N–H and O–H groups in total. The van der Waals surface area contributed by atoms with Crippen molar-refractivity contribution in [2.45, 2.75) is 39.8 Å². The maximum Gasteiger partial charge on any atom is 0.326 e. The summed E-state index contributed by atoms with van der Waals surface area (Å²) < 4.78 is 5.59. The summed E-state index contributed by atoms with van der Waals surface area (Å²) in [5.41, 5.74) is -0.337. The van der Waals surface area contributed by atoms with Gasteiger partial charge in [-0.05, 0) is 38.0 Å². The fourth-order valence-corrected chi connectivity index (χ4v) is 2.71. The Hall–Kier alpha value is -2.54. The van der Waals surface area contributed by atoms with Gasteiger partial charge in [-0.25, -0.2) is 9.78 Å². The van der Waals surface area contributed by atoms with Crippen LogP contribution >= 0.6 is 11.6 Å². The van der Waals surface area contributed by atoms with Crippen molar-refractivity contribution in [3.63, 3.8) is 0 Å². The van der Waals surface area contributed by atoms with Crippen molar-refractivity contribution in [1.29, 1.82) is 0 Å². The number of aliphatic carboxylic acids is 1. The van der Waals surface area contributed by atoms with Crippen LogP contribution in [-0.4, -0.2) is 39.2 Å². The minimum Gasteiger partial charge on any atom is -0.505 e. The third-order valence-corrected chi connectivity index (χ3v) is 4.00. The third kappa shape index (κ3) is 4.16. The first-order valence-corrected chi connectivity index (χ1v) is 8.52. The lowest BCUT2D eigenvalue weighted by Crippen LogP contribution is -2.44.